The zero-order valence-corrected chi connectivity index (χ0v) is 41.3. The zero-order valence-electron chi connectivity index (χ0n) is 34.4. The molecule has 1 N–H and O–H groups in total. The third-order valence-corrected chi connectivity index (χ3v) is 7.61. The number of carbonyl (C=O) groups is 1. The van der Waals surface area contributed by atoms with E-state index in [1.54, 1.807) is 18.2 Å². The molecule has 15 nitrogen and oxygen atoms in total. The second kappa shape index (κ2) is 37.5. The summed E-state index contributed by atoms with van der Waals surface area (Å²) in [6.07, 6.45) is 0. The average molecular weight is 984 g/mol. The largest absolute Gasteiger partial charge is 1.00 e. The number of hydrogen-bond donors (Lipinski definition) is 1. The van der Waals surface area contributed by atoms with E-state index in [0.717, 1.165) is 28.0 Å². The number of alkyl halides is 1. The Hall–Kier alpha value is -3.90. The van der Waals surface area contributed by atoms with Crippen LogP contribution in [-0.2, 0) is 22.9 Å². The van der Waals surface area contributed by atoms with Gasteiger partial charge in [0.05, 0.1) is 16.5 Å². The van der Waals surface area contributed by atoms with Gasteiger partial charge in [0.15, 0.2) is 34.5 Å². The van der Waals surface area contributed by atoms with Crippen LogP contribution in [0.1, 0.15) is 27.4 Å². The minimum Gasteiger partial charge on any atom is -1.00 e. The Labute approximate surface area is 462 Å². The SMILES string of the molecule is BrCCOc1ccccc1OCc1ccccc1.C.C.O=CO[O-].O=[N+]([O-])c1ccccc1O.O=[N+]([O-])c1ccccc1OCCOc1ccccc1OCc1ccccc1.[H-].[K+].[K+]. The van der Waals surface area contributed by atoms with Crippen molar-refractivity contribution in [1.82, 2.24) is 0 Å². The molecule has 0 saturated carbocycles. The summed E-state index contributed by atoms with van der Waals surface area (Å²) in [5, 5.41) is 39.1. The quantitative estimate of drug-likeness (QED) is 0.0263. The summed E-state index contributed by atoms with van der Waals surface area (Å²) >= 11 is 3.34. The number of para-hydroxylation sites is 8. The van der Waals surface area contributed by atoms with Gasteiger partial charge in [-0.25, -0.2) is 0 Å². The average Bonchev–Trinajstić information content (AvgIpc) is 3.27. The molecule has 6 aromatic carbocycles. The standard InChI is InChI=1S/C21H19NO5.C15H15BrO2.C6H5NO3.CH2O3.2CH4.2K.H/c23-22(24)18-10-4-5-11-19(18)25-14-15-26-20-12-6-7-13-21(20)27-16-17-8-2-1-3-9-17;16-10-11-17-14-8-4-5-9-15(14)18-12-13-6-2-1-3-7-13;8-6-4-2-1-3-5(6)7(9)10;2-1-4-3;;;;;/h1-13H,14-16H2;1-9H,10-12H2;1-4,8H;1,3H;2*1H4;;;/q;;;;;;2*+1;-1/p-1. The van der Waals surface area contributed by atoms with E-state index in [4.69, 9.17) is 38.8 Å². The molecule has 0 aliphatic heterocycles. The molecule has 0 radical (unpaired) electrons. The number of nitrogens with zero attached hydrogens (tertiary/aromatic N) is 2. The van der Waals surface area contributed by atoms with Crippen LogP contribution in [0.3, 0.4) is 0 Å². The fraction of sp³-hybridized carbons (Fsp3) is 0.178. The van der Waals surface area contributed by atoms with Crippen molar-refractivity contribution in [2.45, 2.75) is 28.1 Å². The van der Waals surface area contributed by atoms with Gasteiger partial charge in [0.2, 0.25) is 0 Å². The molecule has 0 saturated heterocycles. The third-order valence-electron chi connectivity index (χ3n) is 7.29. The molecule has 326 valence electrons. The zero-order chi connectivity index (χ0) is 42.5. The van der Waals surface area contributed by atoms with Crippen LogP contribution in [0.15, 0.2) is 158 Å². The Morgan fingerprint density at radius 2 is 0.825 bits per heavy atom. The molecule has 0 atom stereocenters. The van der Waals surface area contributed by atoms with E-state index >= 15 is 0 Å². The van der Waals surface area contributed by atoms with E-state index < -0.39 is 9.85 Å². The van der Waals surface area contributed by atoms with Crippen LogP contribution in [0.25, 0.3) is 0 Å². The second-order valence-corrected chi connectivity index (χ2v) is 12.1. The summed E-state index contributed by atoms with van der Waals surface area (Å²) < 4.78 is 28.4. The van der Waals surface area contributed by atoms with Crippen molar-refractivity contribution < 1.29 is 158 Å². The maximum absolute atomic E-state index is 11.0. The van der Waals surface area contributed by atoms with Crippen LogP contribution in [-0.4, -0.2) is 46.6 Å². The molecule has 0 aliphatic rings. The van der Waals surface area contributed by atoms with Crippen LogP contribution in [0.2, 0.25) is 0 Å². The van der Waals surface area contributed by atoms with Gasteiger partial charge in [0, 0.05) is 17.5 Å². The molecule has 63 heavy (non-hydrogen) atoms. The molecule has 0 unspecified atom stereocenters. The van der Waals surface area contributed by atoms with Crippen LogP contribution in [0, 0.1) is 20.2 Å². The van der Waals surface area contributed by atoms with Crippen molar-refractivity contribution in [1.29, 1.82) is 0 Å². The normalized spacial score (nSPS) is 9.05. The van der Waals surface area contributed by atoms with Crippen LogP contribution >= 0.6 is 15.9 Å². The molecule has 0 heterocycles. The van der Waals surface area contributed by atoms with Gasteiger partial charge in [-0.3, -0.25) is 25.0 Å². The van der Waals surface area contributed by atoms with Gasteiger partial charge in [0.25, 0.3) is 6.47 Å². The Morgan fingerprint density at radius 3 is 1.19 bits per heavy atom. The Balaban J connectivity index is -0.000000874. The first-order valence-corrected chi connectivity index (χ1v) is 18.7. The summed E-state index contributed by atoms with van der Waals surface area (Å²) in [5.41, 5.74) is 1.88. The first-order chi connectivity index (χ1) is 28.8. The molecular formula is C45H49BrK2N2O13. The smallest absolute Gasteiger partial charge is 1.00 e. The van der Waals surface area contributed by atoms with Gasteiger partial charge in [-0.2, -0.15) is 0 Å². The van der Waals surface area contributed by atoms with Gasteiger partial charge < -0.3 is 40.4 Å². The fourth-order valence-electron chi connectivity index (χ4n) is 4.65. The second-order valence-electron chi connectivity index (χ2n) is 11.3. The minimum atomic E-state index is -0.630. The van der Waals surface area contributed by atoms with Gasteiger partial charge in [-0.05, 0) is 47.5 Å². The molecule has 0 aromatic heterocycles. The van der Waals surface area contributed by atoms with Gasteiger partial charge in [-0.15, -0.1) is 0 Å². The summed E-state index contributed by atoms with van der Waals surface area (Å²) in [6.45, 7) is 1.85. The summed E-state index contributed by atoms with van der Waals surface area (Å²) in [5.74, 6) is 2.72. The van der Waals surface area contributed by atoms with Gasteiger partial charge in [0.1, 0.15) is 26.4 Å². The maximum atomic E-state index is 11.0. The number of nitro groups is 2. The number of rotatable bonds is 17. The monoisotopic (exact) mass is 982 g/mol. The van der Waals surface area contributed by atoms with Gasteiger partial charge >= 0.3 is 114 Å². The summed E-state index contributed by atoms with van der Waals surface area (Å²) in [6, 6.07) is 46.9. The number of halogens is 1. The van der Waals surface area contributed by atoms with Crippen LogP contribution in [0.5, 0.6) is 34.5 Å². The van der Waals surface area contributed by atoms with Crippen LogP contribution in [0.4, 0.5) is 11.4 Å². The van der Waals surface area contributed by atoms with E-state index in [1.807, 2.05) is 109 Å². The van der Waals surface area contributed by atoms with Crippen molar-refractivity contribution in [3.05, 3.63) is 189 Å². The molecule has 0 bridgehead atoms. The minimum absolute atomic E-state index is 0. The van der Waals surface area contributed by atoms with Crippen molar-refractivity contribution in [2.75, 3.05) is 25.2 Å². The van der Waals surface area contributed by atoms with Crippen LogP contribution < -0.4 is 132 Å². The Bertz CT molecular complexity index is 2150. The predicted molar refractivity (Wildman–Crippen MR) is 234 cm³/mol. The number of phenolic OH excluding ortho intramolecular Hbond substituents is 1. The third kappa shape index (κ3) is 24.7. The molecule has 0 aliphatic carbocycles. The van der Waals surface area contributed by atoms with Gasteiger partial charge in [-0.1, -0.05) is 140 Å². The Kier molecular flexibility index (Phi) is 36.4. The number of benzene rings is 6. The maximum Gasteiger partial charge on any atom is 1.00 e. The topological polar surface area (TPSA) is 202 Å². The van der Waals surface area contributed by atoms with E-state index in [9.17, 15) is 20.2 Å². The fourth-order valence-corrected chi connectivity index (χ4v) is 4.81. The number of ether oxygens (including phenoxy) is 5. The first kappa shape index (κ1) is 61.2. The first-order valence-electron chi connectivity index (χ1n) is 17.6. The van der Waals surface area contributed by atoms with E-state index in [2.05, 4.69) is 20.8 Å². The number of hydrogen-bond acceptors (Lipinski definition) is 13. The number of nitro benzene ring substituents is 2. The van der Waals surface area contributed by atoms with Crippen molar-refractivity contribution in [3.63, 3.8) is 0 Å². The van der Waals surface area contributed by atoms with Crippen molar-refractivity contribution in [3.8, 4) is 34.5 Å². The molecule has 0 fully saturated rings. The molecule has 0 amide bonds. The number of aromatic hydroxyl groups is 1. The Morgan fingerprint density at radius 1 is 0.508 bits per heavy atom. The van der Waals surface area contributed by atoms with Crippen molar-refractivity contribution >= 4 is 33.8 Å². The predicted octanol–water partition coefficient (Wildman–Crippen LogP) is 3.80. The van der Waals surface area contributed by atoms with E-state index in [-0.39, 0.29) is 162 Å². The molecule has 6 aromatic rings. The summed E-state index contributed by atoms with van der Waals surface area (Å²) in [7, 11) is 0. The summed E-state index contributed by atoms with van der Waals surface area (Å²) in [4.78, 5) is 31.2. The van der Waals surface area contributed by atoms with E-state index in [0.29, 0.717) is 31.3 Å². The molecule has 0 spiro atoms. The van der Waals surface area contributed by atoms with E-state index in [1.165, 1.54) is 30.3 Å². The number of carbonyl (C=O) groups excluding carboxylic acids is 1. The number of phenols is 1. The molecular weight excluding hydrogens is 935 g/mol. The van der Waals surface area contributed by atoms with Crippen molar-refractivity contribution in [2.24, 2.45) is 0 Å². The molecule has 6 rings (SSSR count). The molecule has 18 heteroatoms.